The second-order valence-corrected chi connectivity index (χ2v) is 7.32. The number of piperidine rings is 1. The van der Waals surface area contributed by atoms with Crippen molar-refractivity contribution in [3.05, 3.63) is 0 Å². The van der Waals surface area contributed by atoms with E-state index in [1.165, 1.54) is 25.7 Å². The van der Waals surface area contributed by atoms with Crippen molar-refractivity contribution in [2.24, 2.45) is 11.8 Å². The maximum Gasteiger partial charge on any atom is 0.249 e. The lowest BCUT2D eigenvalue weighted by Gasteiger charge is -2.46. The predicted molar refractivity (Wildman–Crippen MR) is 82.1 cm³/mol. The third-order valence-electron chi connectivity index (χ3n) is 6.06. The minimum atomic E-state index is 0.0982. The van der Waals surface area contributed by atoms with E-state index in [1.807, 2.05) is 0 Å². The molecule has 4 fully saturated rings. The lowest BCUT2D eigenvalue weighted by Crippen LogP contribution is -2.55. The predicted octanol–water partition coefficient (Wildman–Crippen LogP) is 1.82. The number of fused-ring (bicyclic) bond motifs is 1. The number of likely N-dealkylation sites (tertiary alicyclic amines) is 1. The fourth-order valence-electron chi connectivity index (χ4n) is 4.85. The molecule has 0 N–H and O–H groups in total. The highest BCUT2D eigenvalue weighted by atomic mass is 16.7. The quantitative estimate of drug-likeness (QED) is 0.780. The van der Waals surface area contributed by atoms with Gasteiger partial charge in [0.25, 0.3) is 0 Å². The Hall–Kier alpha value is -0.650. The van der Waals surface area contributed by atoms with Crippen molar-refractivity contribution in [2.75, 3.05) is 32.8 Å². The van der Waals surface area contributed by atoms with Crippen molar-refractivity contribution in [1.29, 1.82) is 0 Å². The van der Waals surface area contributed by atoms with Gasteiger partial charge in [0.15, 0.2) is 0 Å². The van der Waals surface area contributed by atoms with E-state index in [-0.39, 0.29) is 17.9 Å². The molecule has 0 bridgehead atoms. The number of carbonyl (C=O) groups excluding carboxylic acids is 1. The molecule has 124 valence electrons. The summed E-state index contributed by atoms with van der Waals surface area (Å²) in [7, 11) is 0. The standard InChI is InChI=1S/C17H28N2O3/c20-17(19-8-3-10-22-19)14-7-11-21-16-6-9-18(12-15(14)16)13-4-1-2-5-13/h13-16H,1-12H2/t14-,15+,16-/m1/s1. The van der Waals surface area contributed by atoms with Crippen LogP contribution in [0.25, 0.3) is 0 Å². The first kappa shape index (κ1) is 14.9. The summed E-state index contributed by atoms with van der Waals surface area (Å²) >= 11 is 0. The lowest BCUT2D eigenvalue weighted by atomic mass is 9.78. The number of hydrogen-bond acceptors (Lipinski definition) is 4. The normalized spacial score (nSPS) is 37.5. The van der Waals surface area contributed by atoms with E-state index in [9.17, 15) is 4.79 Å². The molecule has 3 atom stereocenters. The third-order valence-corrected chi connectivity index (χ3v) is 6.06. The monoisotopic (exact) mass is 308 g/mol. The molecule has 3 aliphatic heterocycles. The van der Waals surface area contributed by atoms with Crippen LogP contribution in [0.2, 0.25) is 0 Å². The van der Waals surface area contributed by atoms with E-state index < -0.39 is 0 Å². The minimum absolute atomic E-state index is 0.0982. The molecule has 5 nitrogen and oxygen atoms in total. The van der Waals surface area contributed by atoms with Crippen LogP contribution in [-0.2, 0) is 14.4 Å². The number of hydroxylamine groups is 2. The number of amides is 1. The number of carbonyl (C=O) groups is 1. The van der Waals surface area contributed by atoms with E-state index in [0.29, 0.717) is 12.5 Å². The van der Waals surface area contributed by atoms with Gasteiger partial charge in [-0.3, -0.25) is 14.5 Å². The zero-order chi connectivity index (χ0) is 14.9. The summed E-state index contributed by atoms with van der Waals surface area (Å²) in [5.41, 5.74) is 0. The van der Waals surface area contributed by atoms with Gasteiger partial charge in [-0.25, -0.2) is 5.06 Å². The fraction of sp³-hybridized carbons (Fsp3) is 0.941. The molecule has 1 amide bonds. The van der Waals surface area contributed by atoms with E-state index in [4.69, 9.17) is 9.57 Å². The average Bonchev–Trinajstić information content (AvgIpc) is 3.26. The Morgan fingerprint density at radius 3 is 2.59 bits per heavy atom. The summed E-state index contributed by atoms with van der Waals surface area (Å²) in [6, 6.07) is 0.752. The van der Waals surface area contributed by atoms with Crippen LogP contribution < -0.4 is 0 Å². The molecule has 3 heterocycles. The third kappa shape index (κ3) is 2.79. The molecule has 0 unspecified atom stereocenters. The van der Waals surface area contributed by atoms with Gasteiger partial charge >= 0.3 is 0 Å². The smallest absolute Gasteiger partial charge is 0.249 e. The second-order valence-electron chi connectivity index (χ2n) is 7.32. The van der Waals surface area contributed by atoms with Crippen molar-refractivity contribution < 1.29 is 14.4 Å². The van der Waals surface area contributed by atoms with Crippen molar-refractivity contribution in [3.63, 3.8) is 0 Å². The summed E-state index contributed by atoms with van der Waals surface area (Å²) in [4.78, 5) is 21.0. The summed E-state index contributed by atoms with van der Waals surface area (Å²) in [5, 5.41) is 1.63. The summed E-state index contributed by atoms with van der Waals surface area (Å²) in [6.07, 6.45) is 8.62. The van der Waals surface area contributed by atoms with Crippen LogP contribution in [0.4, 0.5) is 0 Å². The number of nitrogens with zero attached hydrogens (tertiary/aromatic N) is 2. The highest BCUT2D eigenvalue weighted by molar-refractivity contribution is 5.78. The topological polar surface area (TPSA) is 42.0 Å². The Balaban J connectivity index is 1.45. The number of rotatable bonds is 2. The van der Waals surface area contributed by atoms with Gasteiger partial charge in [-0.1, -0.05) is 12.8 Å². The fourth-order valence-corrected chi connectivity index (χ4v) is 4.85. The molecule has 22 heavy (non-hydrogen) atoms. The van der Waals surface area contributed by atoms with Gasteiger partial charge in [0.05, 0.1) is 19.3 Å². The molecule has 0 spiro atoms. The van der Waals surface area contributed by atoms with Crippen LogP contribution in [0.1, 0.15) is 44.9 Å². The SMILES string of the molecule is O=C([C@@H]1CCO[C@@H]2CCN(C3CCCC3)C[C@H]21)N1CCCO1. The molecule has 0 aromatic rings. The van der Waals surface area contributed by atoms with Crippen LogP contribution in [0.15, 0.2) is 0 Å². The van der Waals surface area contributed by atoms with Crippen LogP contribution in [-0.4, -0.2) is 60.9 Å². The van der Waals surface area contributed by atoms with Gasteiger partial charge < -0.3 is 4.74 Å². The molecule has 3 saturated heterocycles. The Labute approximate surface area is 132 Å². The Morgan fingerprint density at radius 2 is 1.82 bits per heavy atom. The average molecular weight is 308 g/mol. The van der Waals surface area contributed by atoms with Gasteiger partial charge in [0.1, 0.15) is 0 Å². The van der Waals surface area contributed by atoms with E-state index >= 15 is 0 Å². The highest BCUT2D eigenvalue weighted by Gasteiger charge is 2.44. The molecule has 0 aromatic heterocycles. The molecule has 0 radical (unpaired) electrons. The first-order valence-corrected chi connectivity index (χ1v) is 9.13. The van der Waals surface area contributed by atoms with Crippen LogP contribution in [0.3, 0.4) is 0 Å². The zero-order valence-corrected chi connectivity index (χ0v) is 13.4. The molecule has 4 rings (SSSR count). The highest BCUT2D eigenvalue weighted by Crippen LogP contribution is 2.37. The molecular formula is C17H28N2O3. The van der Waals surface area contributed by atoms with E-state index in [0.717, 1.165) is 51.5 Å². The molecule has 1 saturated carbocycles. The van der Waals surface area contributed by atoms with Gasteiger partial charge in [-0.2, -0.15) is 0 Å². The van der Waals surface area contributed by atoms with Crippen LogP contribution in [0, 0.1) is 11.8 Å². The maximum atomic E-state index is 12.8. The Bertz CT molecular complexity index is 405. The first-order chi connectivity index (χ1) is 10.8. The van der Waals surface area contributed by atoms with Crippen molar-refractivity contribution in [1.82, 2.24) is 9.96 Å². The minimum Gasteiger partial charge on any atom is -0.378 e. The molecule has 5 heteroatoms. The Morgan fingerprint density at radius 1 is 0.955 bits per heavy atom. The molecular weight excluding hydrogens is 280 g/mol. The number of ether oxygens (including phenoxy) is 1. The van der Waals surface area contributed by atoms with Crippen LogP contribution >= 0.6 is 0 Å². The van der Waals surface area contributed by atoms with Gasteiger partial charge in [0.2, 0.25) is 5.91 Å². The van der Waals surface area contributed by atoms with Gasteiger partial charge in [-0.05, 0) is 32.1 Å². The maximum absolute atomic E-state index is 12.8. The van der Waals surface area contributed by atoms with E-state index in [2.05, 4.69) is 4.90 Å². The summed E-state index contributed by atoms with van der Waals surface area (Å²) in [6.45, 7) is 4.37. The van der Waals surface area contributed by atoms with Gasteiger partial charge in [-0.15, -0.1) is 0 Å². The largest absolute Gasteiger partial charge is 0.378 e. The lowest BCUT2D eigenvalue weighted by molar-refractivity contribution is -0.185. The molecule has 1 aliphatic carbocycles. The van der Waals surface area contributed by atoms with Crippen molar-refractivity contribution >= 4 is 5.91 Å². The zero-order valence-electron chi connectivity index (χ0n) is 13.4. The first-order valence-electron chi connectivity index (χ1n) is 9.13. The Kier molecular flexibility index (Phi) is 4.38. The van der Waals surface area contributed by atoms with Gasteiger partial charge in [0, 0.05) is 37.6 Å². The molecule has 0 aromatic carbocycles. The number of hydrogen-bond donors (Lipinski definition) is 0. The van der Waals surface area contributed by atoms with Crippen molar-refractivity contribution in [2.45, 2.75) is 57.1 Å². The van der Waals surface area contributed by atoms with Crippen molar-refractivity contribution in [3.8, 4) is 0 Å². The van der Waals surface area contributed by atoms with E-state index in [1.54, 1.807) is 5.06 Å². The second kappa shape index (κ2) is 6.46. The summed E-state index contributed by atoms with van der Waals surface area (Å²) in [5.74, 6) is 0.671. The molecule has 4 aliphatic rings. The van der Waals surface area contributed by atoms with Crippen LogP contribution in [0.5, 0.6) is 0 Å². The summed E-state index contributed by atoms with van der Waals surface area (Å²) < 4.78 is 6.00.